The Balaban J connectivity index is 1.97. The van der Waals surface area contributed by atoms with Crippen LogP contribution in [0.2, 0.25) is 0 Å². The molecule has 3 heteroatoms. The molecule has 3 aromatic rings. The molecule has 0 amide bonds. The van der Waals surface area contributed by atoms with Crippen LogP contribution >= 0.6 is 23.0 Å². The van der Waals surface area contributed by atoms with Crippen LogP contribution in [0.3, 0.4) is 0 Å². The molecule has 1 aliphatic carbocycles. The number of aryl methyl sites for hydroxylation is 2. The second-order valence-electron chi connectivity index (χ2n) is 6.98. The van der Waals surface area contributed by atoms with Crippen molar-refractivity contribution in [2.75, 3.05) is 0 Å². The Morgan fingerprint density at radius 1 is 0.852 bits per heavy atom. The van der Waals surface area contributed by atoms with E-state index >= 15 is 0 Å². The number of allylic oxidation sites excluding steroid dienone is 1. The first-order valence-corrected chi connectivity index (χ1v) is 10.0. The quantitative estimate of drug-likeness (QED) is 0.369. The van der Waals surface area contributed by atoms with E-state index in [0.717, 1.165) is 30.6 Å². The number of halogens is 2. The molecule has 0 saturated heterocycles. The van der Waals surface area contributed by atoms with Crippen molar-refractivity contribution in [1.82, 2.24) is 0 Å². The van der Waals surface area contributed by atoms with Crippen LogP contribution in [0.5, 0.6) is 5.75 Å². The standard InChI is InChI=1S/C24H20FIO/c1-16-5-14-23-19(15-16)3-2-4-22(17-6-10-20(25)11-7-17)24(23)18-8-12-21(27-26)13-9-18/h5-15H,2-4H2,1H3. The van der Waals surface area contributed by atoms with E-state index in [0.29, 0.717) is 0 Å². The minimum atomic E-state index is -0.200. The van der Waals surface area contributed by atoms with Crippen LogP contribution in [-0.2, 0) is 6.42 Å². The molecule has 0 saturated carbocycles. The Bertz CT molecular complexity index is 988. The van der Waals surface area contributed by atoms with Gasteiger partial charge in [0, 0.05) is 0 Å². The highest BCUT2D eigenvalue weighted by Crippen LogP contribution is 2.40. The first kappa shape index (κ1) is 18.2. The molecule has 0 heterocycles. The topological polar surface area (TPSA) is 9.23 Å². The van der Waals surface area contributed by atoms with E-state index in [1.807, 2.05) is 47.3 Å². The first-order valence-electron chi connectivity index (χ1n) is 9.14. The summed E-state index contributed by atoms with van der Waals surface area (Å²) >= 11 is 1.90. The number of hydrogen-bond acceptors (Lipinski definition) is 1. The molecule has 0 radical (unpaired) electrons. The van der Waals surface area contributed by atoms with Crippen molar-refractivity contribution in [3.8, 4) is 5.75 Å². The summed E-state index contributed by atoms with van der Waals surface area (Å²) in [4.78, 5) is 0. The van der Waals surface area contributed by atoms with Gasteiger partial charge in [0.1, 0.15) is 11.6 Å². The molecular formula is C24H20FIO. The highest BCUT2D eigenvalue weighted by Gasteiger charge is 2.20. The average molecular weight is 470 g/mol. The Hall–Kier alpha value is -2.14. The third-order valence-corrected chi connectivity index (χ3v) is 5.64. The van der Waals surface area contributed by atoms with Crippen LogP contribution in [0.1, 0.15) is 40.7 Å². The van der Waals surface area contributed by atoms with Crippen LogP contribution in [0.4, 0.5) is 4.39 Å². The van der Waals surface area contributed by atoms with Gasteiger partial charge in [-0.05, 0) is 83.9 Å². The van der Waals surface area contributed by atoms with Gasteiger partial charge < -0.3 is 3.07 Å². The molecule has 1 aliphatic rings. The van der Waals surface area contributed by atoms with E-state index in [1.165, 1.54) is 33.4 Å². The maximum atomic E-state index is 13.5. The molecule has 3 aromatic carbocycles. The van der Waals surface area contributed by atoms with Gasteiger partial charge in [-0.25, -0.2) is 4.39 Å². The van der Waals surface area contributed by atoms with E-state index < -0.39 is 0 Å². The van der Waals surface area contributed by atoms with Crippen molar-refractivity contribution in [2.24, 2.45) is 0 Å². The van der Waals surface area contributed by atoms with Crippen molar-refractivity contribution in [1.29, 1.82) is 0 Å². The Morgan fingerprint density at radius 2 is 1.56 bits per heavy atom. The van der Waals surface area contributed by atoms with E-state index in [9.17, 15) is 4.39 Å². The fourth-order valence-electron chi connectivity index (χ4n) is 3.86. The maximum Gasteiger partial charge on any atom is 0.192 e. The van der Waals surface area contributed by atoms with Crippen molar-refractivity contribution in [2.45, 2.75) is 26.2 Å². The van der Waals surface area contributed by atoms with Crippen LogP contribution in [0.15, 0.2) is 66.7 Å². The predicted octanol–water partition coefficient (Wildman–Crippen LogP) is 7.16. The molecule has 136 valence electrons. The average Bonchev–Trinajstić information content (AvgIpc) is 2.88. The lowest BCUT2D eigenvalue weighted by Gasteiger charge is -2.17. The lowest BCUT2D eigenvalue weighted by molar-refractivity contribution is 0.627. The molecule has 0 N–H and O–H groups in total. The van der Waals surface area contributed by atoms with Gasteiger partial charge in [0.25, 0.3) is 0 Å². The number of fused-ring (bicyclic) bond motifs is 1. The summed E-state index contributed by atoms with van der Waals surface area (Å²) < 4.78 is 18.8. The van der Waals surface area contributed by atoms with Gasteiger partial charge in [0.15, 0.2) is 23.0 Å². The van der Waals surface area contributed by atoms with Gasteiger partial charge >= 0.3 is 0 Å². The minimum absolute atomic E-state index is 0.200. The van der Waals surface area contributed by atoms with Gasteiger partial charge in [0.05, 0.1) is 0 Å². The van der Waals surface area contributed by atoms with Crippen molar-refractivity contribution in [3.05, 3.63) is 100 Å². The van der Waals surface area contributed by atoms with E-state index in [-0.39, 0.29) is 5.82 Å². The fourth-order valence-corrected chi connectivity index (χ4v) is 4.15. The SMILES string of the molecule is Cc1ccc2c(c1)CCCC(c1ccc(F)cc1)=C2c1ccc(OI)cc1. The molecule has 0 unspecified atom stereocenters. The van der Waals surface area contributed by atoms with Crippen LogP contribution in [0.25, 0.3) is 11.1 Å². The van der Waals surface area contributed by atoms with Crippen molar-refractivity contribution < 1.29 is 7.46 Å². The van der Waals surface area contributed by atoms with Crippen molar-refractivity contribution >= 4 is 34.2 Å². The van der Waals surface area contributed by atoms with Gasteiger partial charge in [-0.2, -0.15) is 0 Å². The zero-order valence-electron chi connectivity index (χ0n) is 15.1. The zero-order chi connectivity index (χ0) is 18.8. The summed E-state index contributed by atoms with van der Waals surface area (Å²) in [6.07, 6.45) is 3.11. The van der Waals surface area contributed by atoms with Crippen LogP contribution in [0, 0.1) is 12.7 Å². The molecule has 0 aliphatic heterocycles. The molecular weight excluding hydrogens is 450 g/mol. The second kappa shape index (κ2) is 7.85. The normalized spacial score (nSPS) is 13.9. The van der Waals surface area contributed by atoms with Crippen LogP contribution < -0.4 is 3.07 Å². The van der Waals surface area contributed by atoms with Crippen LogP contribution in [-0.4, -0.2) is 0 Å². The number of benzene rings is 3. The van der Waals surface area contributed by atoms with E-state index in [1.54, 1.807) is 12.1 Å². The Morgan fingerprint density at radius 3 is 2.26 bits per heavy atom. The summed E-state index contributed by atoms with van der Waals surface area (Å²) in [7, 11) is 0. The lowest BCUT2D eigenvalue weighted by Crippen LogP contribution is -1.97. The predicted molar refractivity (Wildman–Crippen MR) is 118 cm³/mol. The molecule has 27 heavy (non-hydrogen) atoms. The molecule has 0 atom stereocenters. The second-order valence-corrected chi connectivity index (χ2v) is 7.42. The maximum absolute atomic E-state index is 13.5. The molecule has 0 spiro atoms. The lowest BCUT2D eigenvalue weighted by atomic mass is 9.87. The van der Waals surface area contributed by atoms with Gasteiger partial charge in [0.2, 0.25) is 0 Å². The van der Waals surface area contributed by atoms with Crippen molar-refractivity contribution in [3.63, 3.8) is 0 Å². The van der Waals surface area contributed by atoms with Gasteiger partial charge in [-0.15, -0.1) is 0 Å². The fraction of sp³-hybridized carbons (Fsp3) is 0.167. The largest absolute Gasteiger partial charge is 0.428 e. The molecule has 4 rings (SSSR count). The third-order valence-electron chi connectivity index (χ3n) is 5.13. The molecule has 0 fully saturated rings. The zero-order valence-corrected chi connectivity index (χ0v) is 17.3. The number of rotatable bonds is 3. The third kappa shape index (κ3) is 3.79. The van der Waals surface area contributed by atoms with E-state index in [4.69, 9.17) is 3.07 Å². The highest BCUT2D eigenvalue weighted by molar-refractivity contribution is 14.1. The smallest absolute Gasteiger partial charge is 0.192 e. The summed E-state index contributed by atoms with van der Waals surface area (Å²) in [5, 5.41) is 0. The monoisotopic (exact) mass is 470 g/mol. The minimum Gasteiger partial charge on any atom is -0.428 e. The summed E-state index contributed by atoms with van der Waals surface area (Å²) in [5.41, 5.74) is 8.73. The first-order chi connectivity index (χ1) is 13.2. The number of hydrogen-bond donors (Lipinski definition) is 0. The Kier molecular flexibility index (Phi) is 5.30. The van der Waals surface area contributed by atoms with Gasteiger partial charge in [-0.3, -0.25) is 0 Å². The van der Waals surface area contributed by atoms with E-state index in [2.05, 4.69) is 37.3 Å². The molecule has 1 nitrogen and oxygen atoms in total. The molecule has 0 aromatic heterocycles. The summed E-state index contributed by atoms with van der Waals surface area (Å²) in [5.74, 6) is 0.634. The highest BCUT2D eigenvalue weighted by atomic mass is 127. The molecule has 0 bridgehead atoms. The summed E-state index contributed by atoms with van der Waals surface area (Å²) in [6.45, 7) is 2.14. The Labute approximate surface area is 173 Å². The summed E-state index contributed by atoms with van der Waals surface area (Å²) in [6, 6.07) is 21.8. The van der Waals surface area contributed by atoms with Gasteiger partial charge in [-0.1, -0.05) is 48.0 Å².